The van der Waals surface area contributed by atoms with E-state index in [1.807, 2.05) is 56.3 Å². The van der Waals surface area contributed by atoms with Crippen molar-refractivity contribution in [2.24, 2.45) is 0 Å². The summed E-state index contributed by atoms with van der Waals surface area (Å²) in [4.78, 5) is 6.16. The summed E-state index contributed by atoms with van der Waals surface area (Å²) in [5.41, 5.74) is 8.64. The van der Waals surface area contributed by atoms with Gasteiger partial charge in [0, 0.05) is 38.1 Å². The van der Waals surface area contributed by atoms with Crippen LogP contribution >= 0.6 is 0 Å². The molecule has 1 aromatic carbocycles. The van der Waals surface area contributed by atoms with E-state index in [1.165, 1.54) is 0 Å². The minimum Gasteiger partial charge on any atom is -0.437 e. The Balaban J connectivity index is 2.30. The van der Waals surface area contributed by atoms with E-state index in [0.29, 0.717) is 17.3 Å². The van der Waals surface area contributed by atoms with Crippen molar-refractivity contribution in [3.8, 4) is 11.6 Å². The molecule has 0 aliphatic carbocycles. The largest absolute Gasteiger partial charge is 0.437 e. The van der Waals surface area contributed by atoms with Crippen LogP contribution in [0.1, 0.15) is 5.56 Å². The molecule has 0 aliphatic rings. The molecule has 0 saturated carbocycles. The van der Waals surface area contributed by atoms with Crippen LogP contribution in [-0.2, 0) is 0 Å². The van der Waals surface area contributed by atoms with Gasteiger partial charge in [0.25, 0.3) is 0 Å². The van der Waals surface area contributed by atoms with Crippen LogP contribution in [0.25, 0.3) is 0 Å². The first-order valence-corrected chi connectivity index (χ1v) is 5.73. The number of anilines is 2. The maximum Gasteiger partial charge on any atom is 0.219 e. The van der Waals surface area contributed by atoms with Crippen LogP contribution in [0.3, 0.4) is 0 Å². The van der Waals surface area contributed by atoms with Gasteiger partial charge in [0.15, 0.2) is 5.75 Å². The third kappa shape index (κ3) is 2.71. The van der Waals surface area contributed by atoms with Gasteiger partial charge in [0.1, 0.15) is 0 Å². The molecule has 0 saturated heterocycles. The number of hydrogen-bond acceptors (Lipinski definition) is 4. The molecule has 0 spiro atoms. The topological polar surface area (TPSA) is 51.4 Å². The summed E-state index contributed by atoms with van der Waals surface area (Å²) >= 11 is 0. The van der Waals surface area contributed by atoms with Gasteiger partial charge in [-0.05, 0) is 30.7 Å². The average molecular weight is 243 g/mol. The highest BCUT2D eigenvalue weighted by atomic mass is 16.5. The number of aromatic nitrogens is 1. The highest BCUT2D eigenvalue weighted by Gasteiger charge is 2.06. The molecule has 0 fully saturated rings. The molecule has 4 nitrogen and oxygen atoms in total. The Morgan fingerprint density at radius 1 is 1.17 bits per heavy atom. The number of ether oxygens (including phenoxy) is 1. The summed E-state index contributed by atoms with van der Waals surface area (Å²) in [6.07, 6.45) is 1.72. The van der Waals surface area contributed by atoms with Gasteiger partial charge in [-0.25, -0.2) is 4.98 Å². The van der Waals surface area contributed by atoms with Gasteiger partial charge in [0.05, 0.1) is 5.69 Å². The zero-order valence-corrected chi connectivity index (χ0v) is 10.8. The van der Waals surface area contributed by atoms with E-state index in [0.717, 1.165) is 11.3 Å². The third-order valence-corrected chi connectivity index (χ3v) is 2.62. The standard InChI is InChI=1S/C14H17N3O/c1-10-6-7-16-14(8-10)18-13-9-11(17(2)3)4-5-12(13)15/h4-9H,15H2,1-3H3. The molecular formula is C14H17N3O. The van der Waals surface area contributed by atoms with E-state index < -0.39 is 0 Å². The molecule has 94 valence electrons. The smallest absolute Gasteiger partial charge is 0.219 e. The molecular weight excluding hydrogens is 226 g/mol. The van der Waals surface area contributed by atoms with Crippen molar-refractivity contribution in [2.45, 2.75) is 6.92 Å². The van der Waals surface area contributed by atoms with Gasteiger partial charge >= 0.3 is 0 Å². The van der Waals surface area contributed by atoms with Crippen molar-refractivity contribution < 1.29 is 4.74 Å². The van der Waals surface area contributed by atoms with Crippen molar-refractivity contribution >= 4 is 11.4 Å². The zero-order valence-electron chi connectivity index (χ0n) is 10.8. The summed E-state index contributed by atoms with van der Waals surface area (Å²) in [5, 5.41) is 0. The molecule has 2 N–H and O–H groups in total. The number of aryl methyl sites for hydroxylation is 1. The van der Waals surface area contributed by atoms with Crippen LogP contribution in [0, 0.1) is 6.92 Å². The van der Waals surface area contributed by atoms with Crippen LogP contribution in [0.5, 0.6) is 11.6 Å². The first-order valence-electron chi connectivity index (χ1n) is 5.73. The highest BCUT2D eigenvalue weighted by Crippen LogP contribution is 2.30. The zero-order chi connectivity index (χ0) is 13.1. The van der Waals surface area contributed by atoms with Crippen LogP contribution in [-0.4, -0.2) is 19.1 Å². The van der Waals surface area contributed by atoms with Gasteiger partial charge in [-0.1, -0.05) is 0 Å². The summed E-state index contributed by atoms with van der Waals surface area (Å²) in [5.74, 6) is 1.18. The maximum absolute atomic E-state index is 5.90. The Labute approximate surface area is 107 Å². The van der Waals surface area contributed by atoms with E-state index in [4.69, 9.17) is 10.5 Å². The molecule has 1 heterocycles. The summed E-state index contributed by atoms with van der Waals surface area (Å²) < 4.78 is 5.72. The van der Waals surface area contributed by atoms with Crippen LogP contribution in [0.15, 0.2) is 36.5 Å². The lowest BCUT2D eigenvalue weighted by molar-refractivity contribution is 0.465. The fraction of sp³-hybridized carbons (Fsp3) is 0.214. The average Bonchev–Trinajstić information content (AvgIpc) is 2.31. The molecule has 4 heteroatoms. The predicted octanol–water partition coefficient (Wildman–Crippen LogP) is 2.83. The molecule has 0 aliphatic heterocycles. The molecule has 0 unspecified atom stereocenters. The number of nitrogen functional groups attached to an aromatic ring is 1. The van der Waals surface area contributed by atoms with Crippen LogP contribution < -0.4 is 15.4 Å². The number of benzene rings is 1. The Kier molecular flexibility index (Phi) is 3.37. The first kappa shape index (κ1) is 12.2. The second-order valence-corrected chi connectivity index (χ2v) is 4.39. The molecule has 0 bridgehead atoms. The minimum absolute atomic E-state index is 0.553. The van der Waals surface area contributed by atoms with E-state index in [-0.39, 0.29) is 0 Å². The predicted molar refractivity (Wildman–Crippen MR) is 74.2 cm³/mol. The van der Waals surface area contributed by atoms with Crippen molar-refractivity contribution in [2.75, 3.05) is 24.7 Å². The minimum atomic E-state index is 0.553. The van der Waals surface area contributed by atoms with E-state index in [1.54, 1.807) is 6.20 Å². The van der Waals surface area contributed by atoms with Crippen molar-refractivity contribution in [1.29, 1.82) is 0 Å². The SMILES string of the molecule is Cc1ccnc(Oc2cc(N(C)C)ccc2N)c1. The monoisotopic (exact) mass is 243 g/mol. The summed E-state index contributed by atoms with van der Waals surface area (Å²) in [6, 6.07) is 9.49. The van der Waals surface area contributed by atoms with E-state index in [2.05, 4.69) is 4.98 Å². The van der Waals surface area contributed by atoms with Gasteiger partial charge in [-0.15, -0.1) is 0 Å². The van der Waals surface area contributed by atoms with Crippen molar-refractivity contribution in [3.63, 3.8) is 0 Å². The molecule has 2 rings (SSSR count). The van der Waals surface area contributed by atoms with Crippen molar-refractivity contribution in [1.82, 2.24) is 4.98 Å². The van der Waals surface area contributed by atoms with E-state index in [9.17, 15) is 0 Å². The van der Waals surface area contributed by atoms with Gasteiger partial charge in [0.2, 0.25) is 5.88 Å². The molecule has 2 aromatic rings. The van der Waals surface area contributed by atoms with Crippen LogP contribution in [0.2, 0.25) is 0 Å². The molecule has 0 atom stereocenters. The quantitative estimate of drug-likeness (QED) is 0.842. The van der Waals surface area contributed by atoms with Gasteiger partial charge in [-0.3, -0.25) is 0 Å². The molecule has 18 heavy (non-hydrogen) atoms. The van der Waals surface area contributed by atoms with Crippen molar-refractivity contribution in [3.05, 3.63) is 42.1 Å². The Hall–Kier alpha value is -2.23. The number of pyridine rings is 1. The second-order valence-electron chi connectivity index (χ2n) is 4.39. The number of nitrogens with zero attached hydrogens (tertiary/aromatic N) is 2. The molecule has 0 amide bonds. The van der Waals surface area contributed by atoms with Gasteiger partial charge < -0.3 is 15.4 Å². The summed E-state index contributed by atoms with van der Waals surface area (Å²) in [6.45, 7) is 1.99. The molecule has 0 radical (unpaired) electrons. The maximum atomic E-state index is 5.90. The Bertz CT molecular complexity index is 552. The number of hydrogen-bond donors (Lipinski definition) is 1. The Morgan fingerprint density at radius 2 is 1.94 bits per heavy atom. The van der Waals surface area contributed by atoms with Gasteiger partial charge in [-0.2, -0.15) is 0 Å². The highest BCUT2D eigenvalue weighted by molar-refractivity contribution is 5.62. The summed E-state index contributed by atoms with van der Waals surface area (Å²) in [7, 11) is 3.94. The Morgan fingerprint density at radius 3 is 2.61 bits per heavy atom. The lowest BCUT2D eigenvalue weighted by Crippen LogP contribution is -2.08. The number of rotatable bonds is 3. The first-order chi connectivity index (χ1) is 8.56. The second kappa shape index (κ2) is 4.96. The van der Waals surface area contributed by atoms with E-state index >= 15 is 0 Å². The lowest BCUT2D eigenvalue weighted by atomic mass is 10.2. The molecule has 1 aromatic heterocycles. The lowest BCUT2D eigenvalue weighted by Gasteiger charge is -2.15. The number of nitrogens with two attached hydrogens (primary N) is 1. The normalized spacial score (nSPS) is 10.2. The third-order valence-electron chi connectivity index (χ3n) is 2.62. The van der Waals surface area contributed by atoms with Crippen LogP contribution in [0.4, 0.5) is 11.4 Å². The fourth-order valence-electron chi connectivity index (χ4n) is 1.57. The fourth-order valence-corrected chi connectivity index (χ4v) is 1.57.